The number of aromatic carboxylic acids is 1. The third kappa shape index (κ3) is 2.94. The molecule has 0 amide bonds. The number of nitrogens with zero attached hydrogens (tertiary/aromatic N) is 1. The molecule has 0 bridgehead atoms. The fraction of sp³-hybridized carbons (Fsp3) is 0.500. The lowest BCUT2D eigenvalue weighted by Crippen LogP contribution is -2.16. The van der Waals surface area contributed by atoms with E-state index >= 15 is 0 Å². The fourth-order valence-electron chi connectivity index (χ4n) is 1.88. The normalized spacial score (nSPS) is 19.2. The van der Waals surface area contributed by atoms with Gasteiger partial charge in [-0.15, -0.1) is 0 Å². The Balaban J connectivity index is 2.07. The van der Waals surface area contributed by atoms with Crippen LogP contribution in [-0.4, -0.2) is 35.8 Å². The molecule has 17 heavy (non-hydrogen) atoms. The van der Waals surface area contributed by atoms with Crippen molar-refractivity contribution < 1.29 is 14.6 Å². The highest BCUT2D eigenvalue weighted by atomic mass is 16.5. The van der Waals surface area contributed by atoms with Gasteiger partial charge < -0.3 is 15.2 Å². The van der Waals surface area contributed by atoms with E-state index in [2.05, 4.69) is 10.3 Å². The molecule has 1 unspecified atom stereocenters. The second-order valence-corrected chi connectivity index (χ2v) is 4.29. The summed E-state index contributed by atoms with van der Waals surface area (Å²) in [5, 5.41) is 12.2. The first-order chi connectivity index (χ1) is 8.16. The van der Waals surface area contributed by atoms with Crippen LogP contribution in [0.25, 0.3) is 0 Å². The molecule has 2 N–H and O–H groups in total. The lowest BCUT2D eigenvalue weighted by atomic mass is 10.1. The summed E-state index contributed by atoms with van der Waals surface area (Å²) < 4.78 is 5.28. The molecule has 1 aliphatic heterocycles. The number of nitrogens with one attached hydrogen (secondary N) is 1. The van der Waals surface area contributed by atoms with Gasteiger partial charge in [-0.3, -0.25) is 4.98 Å². The van der Waals surface area contributed by atoms with Crippen LogP contribution in [-0.2, 0) is 4.74 Å². The van der Waals surface area contributed by atoms with Crippen LogP contribution < -0.4 is 5.32 Å². The van der Waals surface area contributed by atoms with Gasteiger partial charge in [0.15, 0.2) is 0 Å². The number of ether oxygens (including phenoxy) is 1. The molecule has 1 atom stereocenters. The number of hydrogen-bond acceptors (Lipinski definition) is 4. The predicted molar refractivity (Wildman–Crippen MR) is 63.3 cm³/mol. The Labute approximate surface area is 99.8 Å². The zero-order valence-electron chi connectivity index (χ0n) is 9.77. The number of carbonyl (C=O) groups is 1. The molecule has 5 nitrogen and oxygen atoms in total. The molecule has 1 aromatic rings. The average molecular weight is 236 g/mol. The fourth-order valence-corrected chi connectivity index (χ4v) is 1.88. The van der Waals surface area contributed by atoms with Gasteiger partial charge in [-0.2, -0.15) is 0 Å². The summed E-state index contributed by atoms with van der Waals surface area (Å²) in [4.78, 5) is 15.0. The molecule has 0 radical (unpaired) electrons. The van der Waals surface area contributed by atoms with Gasteiger partial charge in [0.1, 0.15) is 5.56 Å². The molecular formula is C12H16N2O3. The van der Waals surface area contributed by atoms with Crippen LogP contribution in [0.15, 0.2) is 12.3 Å². The minimum Gasteiger partial charge on any atom is -0.478 e. The van der Waals surface area contributed by atoms with E-state index in [-0.39, 0.29) is 5.56 Å². The van der Waals surface area contributed by atoms with E-state index in [1.54, 1.807) is 6.07 Å². The molecule has 1 fully saturated rings. The molecule has 0 aromatic carbocycles. The second kappa shape index (κ2) is 5.14. The van der Waals surface area contributed by atoms with Crippen molar-refractivity contribution in [1.29, 1.82) is 0 Å². The molecule has 0 aliphatic carbocycles. The summed E-state index contributed by atoms with van der Waals surface area (Å²) in [6.45, 7) is 4.13. The number of carboxylic acid groups (broad SMARTS) is 1. The number of aryl methyl sites for hydroxylation is 1. The monoisotopic (exact) mass is 236 g/mol. The zero-order chi connectivity index (χ0) is 12.3. The first-order valence-electron chi connectivity index (χ1n) is 5.68. The van der Waals surface area contributed by atoms with Gasteiger partial charge in [0.2, 0.25) is 0 Å². The molecule has 0 spiro atoms. The Bertz CT molecular complexity index is 414. The van der Waals surface area contributed by atoms with Gasteiger partial charge in [-0.05, 0) is 19.4 Å². The van der Waals surface area contributed by atoms with Gasteiger partial charge in [0.05, 0.1) is 12.3 Å². The highest BCUT2D eigenvalue weighted by Gasteiger charge is 2.17. The molecule has 2 heterocycles. The maximum Gasteiger partial charge on any atom is 0.339 e. The van der Waals surface area contributed by atoms with Gasteiger partial charge >= 0.3 is 5.97 Å². The summed E-state index contributed by atoms with van der Waals surface area (Å²) in [7, 11) is 0. The summed E-state index contributed by atoms with van der Waals surface area (Å²) in [5.74, 6) is -0.493. The molecule has 1 saturated heterocycles. The highest BCUT2D eigenvalue weighted by Crippen LogP contribution is 2.18. The minimum atomic E-state index is -0.956. The Hall–Kier alpha value is -1.62. The topological polar surface area (TPSA) is 71.5 Å². The van der Waals surface area contributed by atoms with Crippen molar-refractivity contribution in [3.05, 3.63) is 23.5 Å². The van der Waals surface area contributed by atoms with E-state index in [0.29, 0.717) is 11.6 Å². The van der Waals surface area contributed by atoms with E-state index in [1.165, 1.54) is 6.20 Å². The Morgan fingerprint density at radius 1 is 1.71 bits per heavy atom. The van der Waals surface area contributed by atoms with Crippen molar-refractivity contribution in [2.75, 3.05) is 25.1 Å². The van der Waals surface area contributed by atoms with Gasteiger partial charge in [-0.25, -0.2) is 4.79 Å². The van der Waals surface area contributed by atoms with Gasteiger partial charge in [-0.1, -0.05) is 0 Å². The Kier molecular flexibility index (Phi) is 3.58. The maximum atomic E-state index is 11.0. The summed E-state index contributed by atoms with van der Waals surface area (Å²) in [6.07, 6.45) is 2.42. The SMILES string of the molecule is Cc1cc(NCC2CCOC2)c(C(=O)O)cn1. The minimum absolute atomic E-state index is 0.217. The second-order valence-electron chi connectivity index (χ2n) is 4.29. The summed E-state index contributed by atoms with van der Waals surface area (Å²) in [6, 6.07) is 1.76. The predicted octanol–water partition coefficient (Wildman–Crippen LogP) is 1.54. The van der Waals surface area contributed by atoms with Crippen molar-refractivity contribution in [1.82, 2.24) is 4.98 Å². The quantitative estimate of drug-likeness (QED) is 0.829. The number of pyridine rings is 1. The lowest BCUT2D eigenvalue weighted by molar-refractivity contribution is 0.0697. The van der Waals surface area contributed by atoms with E-state index in [9.17, 15) is 4.79 Å². The largest absolute Gasteiger partial charge is 0.478 e. The third-order valence-corrected chi connectivity index (χ3v) is 2.88. The number of carboxylic acids is 1. The lowest BCUT2D eigenvalue weighted by Gasteiger charge is -2.13. The van der Waals surface area contributed by atoms with E-state index in [1.807, 2.05) is 6.92 Å². The van der Waals surface area contributed by atoms with Crippen molar-refractivity contribution in [2.24, 2.45) is 5.92 Å². The first-order valence-corrected chi connectivity index (χ1v) is 5.68. The van der Waals surface area contributed by atoms with Crippen LogP contribution in [0, 0.1) is 12.8 Å². The van der Waals surface area contributed by atoms with Gasteiger partial charge in [0.25, 0.3) is 0 Å². The molecule has 92 valence electrons. The zero-order valence-corrected chi connectivity index (χ0v) is 9.77. The van der Waals surface area contributed by atoms with Crippen molar-refractivity contribution in [3.8, 4) is 0 Å². The summed E-state index contributed by atoms with van der Waals surface area (Å²) >= 11 is 0. The van der Waals surface area contributed by atoms with Crippen LogP contribution in [0.3, 0.4) is 0 Å². The Morgan fingerprint density at radius 2 is 2.53 bits per heavy atom. The van der Waals surface area contributed by atoms with Crippen molar-refractivity contribution in [3.63, 3.8) is 0 Å². The smallest absolute Gasteiger partial charge is 0.339 e. The van der Waals surface area contributed by atoms with Crippen molar-refractivity contribution in [2.45, 2.75) is 13.3 Å². The van der Waals surface area contributed by atoms with Crippen LogP contribution in [0.5, 0.6) is 0 Å². The highest BCUT2D eigenvalue weighted by molar-refractivity contribution is 5.93. The number of hydrogen-bond donors (Lipinski definition) is 2. The Morgan fingerprint density at radius 3 is 3.18 bits per heavy atom. The van der Waals surface area contributed by atoms with Crippen LogP contribution in [0.1, 0.15) is 22.5 Å². The standard InChI is InChI=1S/C12H16N2O3/c1-8-4-11(10(6-13-8)12(15)16)14-5-9-2-3-17-7-9/h4,6,9H,2-3,5,7H2,1H3,(H,13,14)(H,15,16). The number of anilines is 1. The van der Waals surface area contributed by atoms with Crippen LogP contribution in [0.2, 0.25) is 0 Å². The van der Waals surface area contributed by atoms with E-state index in [0.717, 1.165) is 31.9 Å². The number of rotatable bonds is 4. The van der Waals surface area contributed by atoms with Crippen LogP contribution >= 0.6 is 0 Å². The number of aromatic nitrogens is 1. The first kappa shape index (κ1) is 11.9. The van der Waals surface area contributed by atoms with Crippen molar-refractivity contribution >= 4 is 11.7 Å². The molecule has 1 aliphatic rings. The molecule has 1 aromatic heterocycles. The third-order valence-electron chi connectivity index (χ3n) is 2.88. The summed E-state index contributed by atoms with van der Waals surface area (Å²) in [5.41, 5.74) is 1.66. The van der Waals surface area contributed by atoms with E-state index < -0.39 is 5.97 Å². The maximum absolute atomic E-state index is 11.0. The van der Waals surface area contributed by atoms with E-state index in [4.69, 9.17) is 9.84 Å². The molecule has 2 rings (SSSR count). The molecular weight excluding hydrogens is 220 g/mol. The van der Waals surface area contributed by atoms with Crippen LogP contribution in [0.4, 0.5) is 5.69 Å². The molecule has 0 saturated carbocycles. The molecule has 5 heteroatoms. The average Bonchev–Trinajstić information content (AvgIpc) is 2.78. The van der Waals surface area contributed by atoms with Gasteiger partial charge in [0, 0.05) is 31.0 Å².